The van der Waals surface area contributed by atoms with E-state index in [0.29, 0.717) is 17.3 Å². The van der Waals surface area contributed by atoms with Gasteiger partial charge < -0.3 is 4.74 Å². The summed E-state index contributed by atoms with van der Waals surface area (Å²) in [7, 11) is 0. The zero-order chi connectivity index (χ0) is 22.8. The van der Waals surface area contributed by atoms with Gasteiger partial charge in [-0.15, -0.1) is 0 Å². The monoisotopic (exact) mass is 446 g/mol. The molecular formula is C29H38N2O2. The normalized spacial score (nSPS) is 43.6. The average molecular weight is 447 g/mol. The summed E-state index contributed by atoms with van der Waals surface area (Å²) in [6.45, 7) is 6.65. The minimum atomic E-state index is -0.114. The van der Waals surface area contributed by atoms with E-state index < -0.39 is 0 Å². The number of hydrogen-bond donors (Lipinski definition) is 1. The van der Waals surface area contributed by atoms with E-state index in [2.05, 4.69) is 55.7 Å². The first-order chi connectivity index (χ1) is 15.9. The van der Waals surface area contributed by atoms with Gasteiger partial charge in [0.1, 0.15) is 6.10 Å². The van der Waals surface area contributed by atoms with E-state index in [1.165, 1.54) is 55.5 Å². The highest BCUT2D eigenvalue weighted by molar-refractivity contribution is 5.98. The largest absolute Gasteiger partial charge is 0.463 e. The van der Waals surface area contributed by atoms with E-state index in [9.17, 15) is 4.79 Å². The molecule has 4 heteroatoms. The van der Waals surface area contributed by atoms with Crippen LogP contribution in [0.4, 0.5) is 0 Å². The molecule has 1 aromatic rings. The van der Waals surface area contributed by atoms with Crippen LogP contribution in [0.3, 0.4) is 0 Å². The predicted molar refractivity (Wildman–Crippen MR) is 131 cm³/mol. The van der Waals surface area contributed by atoms with E-state index in [4.69, 9.17) is 9.84 Å². The third-order valence-corrected chi connectivity index (χ3v) is 10.5. The fourth-order valence-electron chi connectivity index (χ4n) is 8.94. The summed E-state index contributed by atoms with van der Waals surface area (Å²) in [5.74, 6) is 3.40. The number of benzene rings is 1. The Balaban J connectivity index is 1.24. The van der Waals surface area contributed by atoms with Gasteiger partial charge in [-0.25, -0.2) is 0 Å². The number of fused-ring (bicyclic) bond motifs is 7. The zero-order valence-corrected chi connectivity index (χ0v) is 20.3. The van der Waals surface area contributed by atoms with Crippen LogP contribution in [-0.2, 0) is 9.53 Å². The Morgan fingerprint density at radius 3 is 2.64 bits per heavy atom. The Kier molecular flexibility index (Phi) is 5.01. The SMILES string of the molecule is CC(=O)O[C@H]1CC[C@@]2(C)[C@@H](CC[C@@H]3[C@@H]2CC[C@]2(C)C4=NNC(c5ccccc5)=CC4C[C@@H]32)C1. The van der Waals surface area contributed by atoms with Crippen LogP contribution in [0.15, 0.2) is 41.5 Å². The van der Waals surface area contributed by atoms with Crippen molar-refractivity contribution in [2.75, 3.05) is 0 Å². The first-order valence-electron chi connectivity index (χ1n) is 13.2. The fourth-order valence-corrected chi connectivity index (χ4v) is 8.94. The molecule has 6 rings (SSSR count). The van der Waals surface area contributed by atoms with Crippen molar-refractivity contribution in [3.63, 3.8) is 0 Å². The molecule has 1 aromatic carbocycles. The summed E-state index contributed by atoms with van der Waals surface area (Å²) in [5.41, 5.74) is 7.87. The number of hydrogen-bond acceptors (Lipinski definition) is 4. The van der Waals surface area contributed by atoms with Gasteiger partial charge in [-0.2, -0.15) is 5.10 Å². The minimum absolute atomic E-state index is 0.114. The Labute approximate surface area is 198 Å². The molecule has 0 amide bonds. The quantitative estimate of drug-likeness (QED) is 0.551. The third kappa shape index (κ3) is 3.31. The Bertz CT molecular complexity index is 1000. The number of hydrazone groups is 1. The molecule has 1 heterocycles. The third-order valence-electron chi connectivity index (χ3n) is 10.5. The Hall–Kier alpha value is -2.10. The number of allylic oxidation sites excluding steroid dienone is 1. The molecule has 4 nitrogen and oxygen atoms in total. The van der Waals surface area contributed by atoms with Crippen molar-refractivity contribution in [1.29, 1.82) is 0 Å². The number of carbonyl (C=O) groups excluding carboxylic acids is 1. The van der Waals surface area contributed by atoms with Crippen molar-refractivity contribution in [2.45, 2.75) is 78.2 Å². The maximum absolute atomic E-state index is 11.5. The molecule has 0 aromatic heterocycles. The molecule has 33 heavy (non-hydrogen) atoms. The summed E-state index contributed by atoms with van der Waals surface area (Å²) >= 11 is 0. The number of esters is 1. The Morgan fingerprint density at radius 1 is 1.03 bits per heavy atom. The van der Waals surface area contributed by atoms with Crippen molar-refractivity contribution in [3.05, 3.63) is 42.0 Å². The first-order valence-corrected chi connectivity index (χ1v) is 13.2. The summed E-state index contributed by atoms with van der Waals surface area (Å²) in [6.07, 6.45) is 12.4. The van der Waals surface area contributed by atoms with Crippen LogP contribution in [0.2, 0.25) is 0 Å². The lowest BCUT2D eigenvalue weighted by atomic mass is 9.45. The highest BCUT2D eigenvalue weighted by Crippen LogP contribution is 2.66. The first kappa shape index (κ1) is 21.4. The lowest BCUT2D eigenvalue weighted by Crippen LogP contribution is -2.54. The molecule has 5 aliphatic rings. The predicted octanol–water partition coefficient (Wildman–Crippen LogP) is 6.19. The van der Waals surface area contributed by atoms with Crippen molar-refractivity contribution < 1.29 is 9.53 Å². The zero-order valence-electron chi connectivity index (χ0n) is 20.3. The maximum Gasteiger partial charge on any atom is 0.302 e. The highest BCUT2D eigenvalue weighted by atomic mass is 16.5. The van der Waals surface area contributed by atoms with E-state index in [1.54, 1.807) is 6.92 Å². The van der Waals surface area contributed by atoms with Crippen molar-refractivity contribution in [3.8, 4) is 0 Å². The van der Waals surface area contributed by atoms with Gasteiger partial charge in [-0.05, 0) is 92.1 Å². The maximum atomic E-state index is 11.5. The lowest BCUT2D eigenvalue weighted by Gasteiger charge is -2.60. The molecule has 4 saturated carbocycles. The van der Waals surface area contributed by atoms with Crippen LogP contribution in [0, 0.1) is 40.4 Å². The smallest absolute Gasteiger partial charge is 0.302 e. The highest BCUT2D eigenvalue weighted by Gasteiger charge is 2.61. The topological polar surface area (TPSA) is 50.7 Å². The minimum Gasteiger partial charge on any atom is -0.463 e. The molecule has 4 fully saturated rings. The molecule has 0 radical (unpaired) electrons. The molecule has 0 spiro atoms. The number of nitrogens with zero attached hydrogens (tertiary/aromatic N) is 1. The van der Waals surface area contributed by atoms with Crippen LogP contribution in [0.5, 0.6) is 0 Å². The summed E-state index contributed by atoms with van der Waals surface area (Å²) in [5, 5.41) is 5.03. The molecule has 176 valence electrons. The average Bonchev–Trinajstić information content (AvgIpc) is 3.11. The van der Waals surface area contributed by atoms with Gasteiger partial charge in [0.05, 0.1) is 11.4 Å². The van der Waals surface area contributed by atoms with Crippen molar-refractivity contribution in [1.82, 2.24) is 5.43 Å². The van der Waals surface area contributed by atoms with Crippen LogP contribution in [0.1, 0.15) is 77.7 Å². The molecule has 1 unspecified atom stereocenters. The number of nitrogens with one attached hydrogen (secondary N) is 1. The molecule has 1 N–H and O–H groups in total. The van der Waals surface area contributed by atoms with Gasteiger partial charge in [-0.1, -0.05) is 44.2 Å². The number of carbonyl (C=O) groups is 1. The lowest BCUT2D eigenvalue weighted by molar-refractivity contribution is -0.158. The van der Waals surface area contributed by atoms with Crippen LogP contribution < -0.4 is 5.43 Å². The second-order valence-corrected chi connectivity index (χ2v) is 12.0. The number of rotatable bonds is 2. The van der Waals surface area contributed by atoms with Crippen LogP contribution in [0.25, 0.3) is 5.70 Å². The standard InChI is InChI=1S/C29H38N2O2/c1-18(32)33-22-11-13-28(2)21(17-22)9-10-23-24(28)12-14-29(3)25(23)15-20-16-26(30-31-27(20)29)19-7-5-4-6-8-19/h4-8,16,20-25,30H,9-15,17H2,1-3H3/t20?,21-,22-,23+,24-,25-,28-,29-/m0/s1. The van der Waals surface area contributed by atoms with Gasteiger partial charge >= 0.3 is 5.97 Å². The second-order valence-electron chi connectivity index (χ2n) is 12.0. The summed E-state index contributed by atoms with van der Waals surface area (Å²) < 4.78 is 5.65. The molecule has 0 saturated heterocycles. The van der Waals surface area contributed by atoms with Crippen molar-refractivity contribution >= 4 is 17.4 Å². The molecule has 4 aliphatic carbocycles. The van der Waals surface area contributed by atoms with Gasteiger partial charge in [0.15, 0.2) is 0 Å². The van der Waals surface area contributed by atoms with Gasteiger partial charge in [-0.3, -0.25) is 10.2 Å². The van der Waals surface area contributed by atoms with E-state index in [0.717, 1.165) is 30.6 Å². The molecular weight excluding hydrogens is 408 g/mol. The second kappa shape index (κ2) is 7.71. The fraction of sp³-hybridized carbons (Fsp3) is 0.655. The molecule has 1 aliphatic heterocycles. The summed E-state index contributed by atoms with van der Waals surface area (Å²) in [4.78, 5) is 11.5. The van der Waals surface area contributed by atoms with Crippen LogP contribution in [-0.4, -0.2) is 17.8 Å². The van der Waals surface area contributed by atoms with E-state index in [-0.39, 0.29) is 17.5 Å². The van der Waals surface area contributed by atoms with E-state index in [1.807, 2.05) is 0 Å². The van der Waals surface area contributed by atoms with E-state index >= 15 is 0 Å². The van der Waals surface area contributed by atoms with Crippen molar-refractivity contribution in [2.24, 2.45) is 45.5 Å². The Morgan fingerprint density at radius 2 is 1.85 bits per heavy atom. The van der Waals surface area contributed by atoms with Gasteiger partial charge in [0.2, 0.25) is 0 Å². The molecule has 0 bridgehead atoms. The van der Waals surface area contributed by atoms with Gasteiger partial charge in [0.25, 0.3) is 0 Å². The van der Waals surface area contributed by atoms with Gasteiger partial charge in [0, 0.05) is 18.3 Å². The number of ether oxygens (including phenoxy) is 1. The molecule has 8 atom stereocenters. The van der Waals surface area contributed by atoms with Crippen LogP contribution >= 0.6 is 0 Å². The summed E-state index contributed by atoms with van der Waals surface area (Å²) in [6, 6.07) is 10.6.